The van der Waals surface area contributed by atoms with E-state index in [4.69, 9.17) is 15.6 Å². The van der Waals surface area contributed by atoms with Crippen LogP contribution >= 0.6 is 0 Å². The van der Waals surface area contributed by atoms with Crippen molar-refractivity contribution in [2.24, 2.45) is 5.73 Å². The maximum Gasteiger partial charge on any atom is 0.239 e. The summed E-state index contributed by atoms with van der Waals surface area (Å²) in [5, 5.41) is 8.92. The van der Waals surface area contributed by atoms with Crippen LogP contribution in [0.1, 0.15) is 19.3 Å². The zero-order valence-electron chi connectivity index (χ0n) is 9.19. The molecule has 0 bridgehead atoms. The second-order valence-electron chi connectivity index (χ2n) is 3.90. The topological polar surface area (TPSA) is 75.8 Å². The Balaban J connectivity index is 2.59. The number of hydrogen-bond acceptors (Lipinski definition) is 4. The molecular weight excluding hydrogens is 196 g/mol. The molecule has 15 heavy (non-hydrogen) atoms. The number of carbonyl (C=O) groups is 1. The van der Waals surface area contributed by atoms with Gasteiger partial charge in [0.2, 0.25) is 5.91 Å². The van der Waals surface area contributed by atoms with Crippen LogP contribution in [-0.2, 0) is 9.53 Å². The fourth-order valence-corrected chi connectivity index (χ4v) is 1.96. The molecule has 5 nitrogen and oxygen atoms in total. The monoisotopic (exact) mass is 216 g/mol. The van der Waals surface area contributed by atoms with Gasteiger partial charge in [-0.1, -0.05) is 0 Å². The fraction of sp³-hybridized carbons (Fsp3) is 0.900. The highest BCUT2D eigenvalue weighted by atomic mass is 16.5. The Morgan fingerprint density at radius 3 is 3.07 bits per heavy atom. The summed E-state index contributed by atoms with van der Waals surface area (Å²) in [5.41, 5.74) is 5.70. The molecule has 1 heterocycles. The molecule has 0 aromatic carbocycles. The highest BCUT2D eigenvalue weighted by Gasteiger charge is 2.30. The molecule has 2 atom stereocenters. The van der Waals surface area contributed by atoms with E-state index >= 15 is 0 Å². The number of nitrogens with zero attached hydrogens (tertiary/aromatic N) is 1. The second kappa shape index (κ2) is 6.05. The minimum Gasteiger partial charge on any atom is -0.396 e. The van der Waals surface area contributed by atoms with E-state index in [0.717, 1.165) is 19.4 Å². The van der Waals surface area contributed by atoms with E-state index in [1.165, 1.54) is 0 Å². The Kier molecular flexibility index (Phi) is 5.01. The molecule has 1 saturated heterocycles. The molecule has 88 valence electrons. The summed E-state index contributed by atoms with van der Waals surface area (Å²) >= 11 is 0. The second-order valence-corrected chi connectivity index (χ2v) is 3.90. The van der Waals surface area contributed by atoms with Crippen molar-refractivity contribution >= 4 is 5.91 Å². The third kappa shape index (κ3) is 3.15. The first-order chi connectivity index (χ1) is 7.20. The molecule has 0 saturated carbocycles. The van der Waals surface area contributed by atoms with Crippen LogP contribution in [0.3, 0.4) is 0 Å². The molecule has 1 amide bonds. The zero-order valence-corrected chi connectivity index (χ0v) is 9.19. The quantitative estimate of drug-likeness (QED) is 0.639. The van der Waals surface area contributed by atoms with Crippen LogP contribution < -0.4 is 5.73 Å². The van der Waals surface area contributed by atoms with E-state index < -0.39 is 0 Å². The summed E-state index contributed by atoms with van der Waals surface area (Å²) in [6.45, 7) is 1.24. The summed E-state index contributed by atoms with van der Waals surface area (Å²) in [5.74, 6) is -0.0169. The Bertz CT molecular complexity index is 205. The summed E-state index contributed by atoms with van der Waals surface area (Å²) in [6.07, 6.45) is 2.24. The van der Waals surface area contributed by atoms with Gasteiger partial charge in [-0.05, 0) is 19.3 Å². The van der Waals surface area contributed by atoms with E-state index in [-0.39, 0.29) is 24.6 Å². The van der Waals surface area contributed by atoms with E-state index in [0.29, 0.717) is 13.0 Å². The first kappa shape index (κ1) is 12.4. The third-order valence-electron chi connectivity index (χ3n) is 2.78. The molecule has 0 aromatic rings. The average Bonchev–Trinajstić information content (AvgIpc) is 2.22. The number of amides is 1. The number of aliphatic hydroxyl groups is 1. The van der Waals surface area contributed by atoms with Crippen molar-refractivity contribution < 1.29 is 14.6 Å². The van der Waals surface area contributed by atoms with Gasteiger partial charge in [0.05, 0.1) is 18.7 Å². The smallest absolute Gasteiger partial charge is 0.239 e. The SMILES string of the molecule is COCC(CCO)N1CCCC(N)C1=O. The van der Waals surface area contributed by atoms with E-state index in [9.17, 15) is 4.79 Å². The highest BCUT2D eigenvalue weighted by Crippen LogP contribution is 2.15. The van der Waals surface area contributed by atoms with Gasteiger partial charge >= 0.3 is 0 Å². The van der Waals surface area contributed by atoms with Gasteiger partial charge in [0.1, 0.15) is 0 Å². The van der Waals surface area contributed by atoms with Crippen molar-refractivity contribution in [1.29, 1.82) is 0 Å². The number of rotatable bonds is 5. The van der Waals surface area contributed by atoms with Crippen molar-refractivity contribution in [3.63, 3.8) is 0 Å². The number of piperidine rings is 1. The number of ether oxygens (including phenoxy) is 1. The highest BCUT2D eigenvalue weighted by molar-refractivity contribution is 5.82. The van der Waals surface area contributed by atoms with Gasteiger partial charge in [-0.25, -0.2) is 0 Å². The van der Waals surface area contributed by atoms with E-state index in [2.05, 4.69) is 0 Å². The third-order valence-corrected chi connectivity index (χ3v) is 2.78. The number of nitrogens with two attached hydrogens (primary N) is 1. The molecule has 0 aliphatic carbocycles. The standard InChI is InChI=1S/C10H20N2O3/c1-15-7-8(4-6-13)12-5-2-3-9(11)10(12)14/h8-9,13H,2-7,11H2,1H3. The van der Waals surface area contributed by atoms with Crippen LogP contribution in [0.25, 0.3) is 0 Å². The Labute approximate surface area is 90.2 Å². The first-order valence-electron chi connectivity index (χ1n) is 5.36. The Morgan fingerprint density at radius 1 is 1.73 bits per heavy atom. The lowest BCUT2D eigenvalue weighted by Gasteiger charge is -2.36. The van der Waals surface area contributed by atoms with Gasteiger partial charge < -0.3 is 20.5 Å². The average molecular weight is 216 g/mol. The number of likely N-dealkylation sites (tertiary alicyclic amines) is 1. The number of methoxy groups -OCH3 is 1. The molecule has 1 fully saturated rings. The van der Waals surface area contributed by atoms with Crippen LogP contribution in [0.15, 0.2) is 0 Å². The minimum absolute atomic E-state index is 0.0169. The molecule has 5 heteroatoms. The fourth-order valence-electron chi connectivity index (χ4n) is 1.96. The normalized spacial score (nSPS) is 24.3. The molecule has 0 aromatic heterocycles. The van der Waals surface area contributed by atoms with Crippen LogP contribution in [0.4, 0.5) is 0 Å². The van der Waals surface area contributed by atoms with Crippen LogP contribution in [0.2, 0.25) is 0 Å². The molecule has 0 spiro atoms. The molecule has 0 radical (unpaired) electrons. The summed E-state index contributed by atoms with van der Waals surface area (Å²) in [7, 11) is 1.60. The van der Waals surface area contributed by atoms with Gasteiger partial charge in [-0.2, -0.15) is 0 Å². The maximum atomic E-state index is 11.8. The van der Waals surface area contributed by atoms with Crippen LogP contribution in [0.5, 0.6) is 0 Å². The molecule has 3 N–H and O–H groups in total. The van der Waals surface area contributed by atoms with Gasteiger partial charge in [-0.3, -0.25) is 4.79 Å². The zero-order chi connectivity index (χ0) is 11.3. The lowest BCUT2D eigenvalue weighted by atomic mass is 10.0. The van der Waals surface area contributed by atoms with Crippen molar-refractivity contribution in [1.82, 2.24) is 4.90 Å². The predicted molar refractivity (Wildman–Crippen MR) is 56.3 cm³/mol. The van der Waals surface area contributed by atoms with Gasteiger partial charge in [-0.15, -0.1) is 0 Å². The lowest BCUT2D eigenvalue weighted by molar-refractivity contribution is -0.139. The Hall–Kier alpha value is -0.650. The number of carbonyl (C=O) groups excluding carboxylic acids is 1. The largest absolute Gasteiger partial charge is 0.396 e. The first-order valence-corrected chi connectivity index (χ1v) is 5.36. The van der Waals surface area contributed by atoms with Crippen molar-refractivity contribution in [3.8, 4) is 0 Å². The Morgan fingerprint density at radius 2 is 2.47 bits per heavy atom. The van der Waals surface area contributed by atoms with Crippen LogP contribution in [0, 0.1) is 0 Å². The molecule has 2 unspecified atom stereocenters. The van der Waals surface area contributed by atoms with Crippen LogP contribution in [-0.4, -0.2) is 54.9 Å². The van der Waals surface area contributed by atoms with E-state index in [1.54, 1.807) is 12.0 Å². The predicted octanol–water partition coefficient (Wildman–Crippen LogP) is -0.666. The molecule has 1 aliphatic heterocycles. The summed E-state index contributed by atoms with van der Waals surface area (Å²) < 4.78 is 5.05. The minimum atomic E-state index is -0.378. The van der Waals surface area contributed by atoms with Gasteiger partial charge in [0, 0.05) is 20.3 Å². The van der Waals surface area contributed by atoms with Crippen molar-refractivity contribution in [2.75, 3.05) is 26.9 Å². The molecule has 1 rings (SSSR count). The van der Waals surface area contributed by atoms with E-state index in [1.807, 2.05) is 0 Å². The number of hydrogen-bond donors (Lipinski definition) is 2. The van der Waals surface area contributed by atoms with Crippen molar-refractivity contribution in [2.45, 2.75) is 31.3 Å². The lowest BCUT2D eigenvalue weighted by Crippen LogP contribution is -2.53. The molecule has 1 aliphatic rings. The summed E-state index contributed by atoms with van der Waals surface area (Å²) in [6, 6.07) is -0.421. The number of aliphatic hydroxyl groups excluding tert-OH is 1. The van der Waals surface area contributed by atoms with Gasteiger partial charge in [0.25, 0.3) is 0 Å². The maximum absolute atomic E-state index is 11.8. The molecular formula is C10H20N2O3. The summed E-state index contributed by atoms with van der Waals surface area (Å²) in [4.78, 5) is 13.5. The van der Waals surface area contributed by atoms with Gasteiger partial charge in [0.15, 0.2) is 0 Å². The van der Waals surface area contributed by atoms with Crippen molar-refractivity contribution in [3.05, 3.63) is 0 Å².